The molecule has 0 saturated carbocycles. The van der Waals surface area contributed by atoms with E-state index in [-0.39, 0.29) is 17.8 Å². The molecule has 8 heteroatoms. The van der Waals surface area contributed by atoms with Gasteiger partial charge in [0.25, 0.3) is 0 Å². The molecular weight excluding hydrogens is 453 g/mol. The zero-order valence-corrected chi connectivity index (χ0v) is 18.8. The third-order valence-electron chi connectivity index (χ3n) is 5.66. The summed E-state index contributed by atoms with van der Waals surface area (Å²) in [6.07, 6.45) is -3.55. The summed E-state index contributed by atoms with van der Waals surface area (Å²) in [6, 6.07) is 12.6. The van der Waals surface area contributed by atoms with Crippen LogP contribution < -0.4 is 0 Å². The number of aromatic nitrogens is 1. The molecule has 0 saturated heterocycles. The van der Waals surface area contributed by atoms with Crippen LogP contribution in [-0.2, 0) is 25.6 Å². The van der Waals surface area contributed by atoms with Crippen molar-refractivity contribution in [3.05, 3.63) is 75.0 Å². The molecule has 0 radical (unpaired) electrons. The highest BCUT2D eigenvalue weighted by molar-refractivity contribution is 7.22. The van der Waals surface area contributed by atoms with Crippen LogP contribution in [0, 0.1) is 0 Å². The minimum absolute atomic E-state index is 0.0634. The summed E-state index contributed by atoms with van der Waals surface area (Å²) >= 11 is 3.18. The SMILES string of the molecule is CN1CCc2c(sc(CC(=O)c3cccc(C(F)(F)F)c3)c2-c2nc3ccccc3s2)C1. The lowest BCUT2D eigenvalue weighted by atomic mass is 9.98. The molecule has 0 atom stereocenters. The number of fused-ring (bicyclic) bond motifs is 2. The van der Waals surface area contributed by atoms with E-state index in [1.807, 2.05) is 24.3 Å². The van der Waals surface area contributed by atoms with E-state index in [1.54, 1.807) is 22.7 Å². The van der Waals surface area contributed by atoms with E-state index in [0.717, 1.165) is 57.3 Å². The third kappa shape index (κ3) is 3.98. The Hall–Kier alpha value is -2.55. The molecule has 4 aromatic rings. The normalized spacial score (nSPS) is 14.6. The molecule has 3 heterocycles. The number of thiazole rings is 1. The summed E-state index contributed by atoms with van der Waals surface area (Å²) in [7, 11) is 2.06. The van der Waals surface area contributed by atoms with Gasteiger partial charge in [0.1, 0.15) is 5.01 Å². The largest absolute Gasteiger partial charge is 0.416 e. The van der Waals surface area contributed by atoms with Gasteiger partial charge in [-0.05, 0) is 43.3 Å². The van der Waals surface area contributed by atoms with Crippen molar-refractivity contribution in [1.82, 2.24) is 9.88 Å². The molecule has 5 rings (SSSR count). The second-order valence-corrected chi connectivity index (χ2v) is 10.2. The van der Waals surface area contributed by atoms with Gasteiger partial charge in [-0.2, -0.15) is 13.2 Å². The summed E-state index contributed by atoms with van der Waals surface area (Å²) in [5.41, 5.74) is 2.41. The van der Waals surface area contributed by atoms with Gasteiger partial charge in [0.2, 0.25) is 0 Å². The van der Waals surface area contributed by atoms with Crippen LogP contribution in [0.4, 0.5) is 13.2 Å². The van der Waals surface area contributed by atoms with Gasteiger partial charge in [0.05, 0.1) is 15.8 Å². The highest BCUT2D eigenvalue weighted by atomic mass is 32.1. The summed E-state index contributed by atoms with van der Waals surface area (Å²) in [6.45, 7) is 1.72. The van der Waals surface area contributed by atoms with Gasteiger partial charge in [-0.3, -0.25) is 4.79 Å². The molecule has 1 aliphatic rings. The van der Waals surface area contributed by atoms with Crippen molar-refractivity contribution in [2.45, 2.75) is 25.6 Å². The molecule has 3 nitrogen and oxygen atoms in total. The Bertz CT molecular complexity index is 1290. The van der Waals surface area contributed by atoms with E-state index in [2.05, 4.69) is 11.9 Å². The smallest absolute Gasteiger partial charge is 0.301 e. The number of para-hydroxylation sites is 1. The first-order valence-electron chi connectivity index (χ1n) is 10.2. The number of ketones is 1. The summed E-state index contributed by atoms with van der Waals surface area (Å²) in [4.78, 5) is 22.2. The predicted octanol–water partition coefficient (Wildman–Crippen LogP) is 6.46. The maximum absolute atomic E-state index is 13.1. The Labute approximate surface area is 191 Å². The molecule has 164 valence electrons. The quantitative estimate of drug-likeness (QED) is 0.320. The molecule has 0 unspecified atom stereocenters. The number of carbonyl (C=O) groups is 1. The number of thiophene rings is 1. The van der Waals surface area contributed by atoms with Crippen molar-refractivity contribution in [1.29, 1.82) is 0 Å². The van der Waals surface area contributed by atoms with Crippen molar-refractivity contribution in [3.63, 3.8) is 0 Å². The van der Waals surface area contributed by atoms with Crippen molar-refractivity contribution >= 4 is 38.7 Å². The standard InChI is InChI=1S/C24H19F3N2OS2/c1-29-10-9-16-21(13-29)31-20(22(16)23-28-17-7-2-3-8-19(17)32-23)12-18(30)14-5-4-6-15(11-14)24(25,26)27/h2-8,11H,9-10,12-13H2,1H3. The van der Waals surface area contributed by atoms with Crippen LogP contribution in [0.3, 0.4) is 0 Å². The van der Waals surface area contributed by atoms with Crippen LogP contribution in [-0.4, -0.2) is 29.3 Å². The molecule has 0 spiro atoms. The van der Waals surface area contributed by atoms with Crippen LogP contribution >= 0.6 is 22.7 Å². The minimum Gasteiger partial charge on any atom is -0.301 e. The van der Waals surface area contributed by atoms with Gasteiger partial charge in [-0.25, -0.2) is 4.98 Å². The molecule has 0 aliphatic carbocycles. The van der Waals surface area contributed by atoms with Crippen molar-refractivity contribution in [2.75, 3.05) is 13.6 Å². The predicted molar refractivity (Wildman–Crippen MR) is 122 cm³/mol. The first-order valence-corrected chi connectivity index (χ1v) is 11.8. The number of alkyl halides is 3. The summed E-state index contributed by atoms with van der Waals surface area (Å²) in [5.74, 6) is -0.314. The monoisotopic (exact) mass is 472 g/mol. The first kappa shape index (κ1) is 21.3. The lowest BCUT2D eigenvalue weighted by Gasteiger charge is -2.22. The van der Waals surface area contributed by atoms with E-state index < -0.39 is 11.7 Å². The Balaban J connectivity index is 1.56. The Morgan fingerprint density at radius 1 is 1.12 bits per heavy atom. The number of hydrogen-bond acceptors (Lipinski definition) is 5. The average molecular weight is 473 g/mol. The number of benzene rings is 2. The second kappa shape index (κ2) is 8.10. The van der Waals surface area contributed by atoms with Crippen LogP contribution in [0.5, 0.6) is 0 Å². The maximum atomic E-state index is 13.1. The Morgan fingerprint density at radius 3 is 2.72 bits per heavy atom. The number of halogens is 3. The van der Waals surface area contributed by atoms with E-state index in [4.69, 9.17) is 4.98 Å². The van der Waals surface area contributed by atoms with E-state index in [0.29, 0.717) is 0 Å². The molecule has 0 fully saturated rings. The van der Waals surface area contributed by atoms with Crippen LogP contribution in [0.15, 0.2) is 48.5 Å². The van der Waals surface area contributed by atoms with Crippen LogP contribution in [0.2, 0.25) is 0 Å². The maximum Gasteiger partial charge on any atom is 0.416 e. The van der Waals surface area contributed by atoms with Crippen LogP contribution in [0.1, 0.15) is 31.2 Å². The van der Waals surface area contributed by atoms with Gasteiger partial charge >= 0.3 is 6.18 Å². The zero-order valence-electron chi connectivity index (χ0n) is 17.2. The molecular formula is C24H19F3N2OS2. The highest BCUT2D eigenvalue weighted by Crippen LogP contribution is 2.43. The molecule has 1 aliphatic heterocycles. The van der Waals surface area contributed by atoms with Gasteiger partial charge in [-0.1, -0.05) is 24.3 Å². The Morgan fingerprint density at radius 2 is 1.94 bits per heavy atom. The molecule has 32 heavy (non-hydrogen) atoms. The van der Waals surface area contributed by atoms with Gasteiger partial charge in [-0.15, -0.1) is 22.7 Å². The summed E-state index contributed by atoms with van der Waals surface area (Å²) in [5, 5.41) is 0.875. The molecule has 2 aromatic heterocycles. The second-order valence-electron chi connectivity index (χ2n) is 7.96. The highest BCUT2D eigenvalue weighted by Gasteiger charge is 2.31. The molecule has 0 bridgehead atoms. The molecule has 0 amide bonds. The number of nitrogens with zero attached hydrogens (tertiary/aromatic N) is 2. The Kier molecular flexibility index (Phi) is 5.39. The fraction of sp³-hybridized carbons (Fsp3) is 0.250. The number of hydrogen-bond donors (Lipinski definition) is 0. The lowest BCUT2D eigenvalue weighted by Crippen LogP contribution is -2.25. The molecule has 0 N–H and O–H groups in total. The number of likely N-dealkylation sites (N-methyl/N-ethyl adjacent to an activating group) is 1. The summed E-state index contributed by atoms with van der Waals surface area (Å²) < 4.78 is 40.4. The first-order chi connectivity index (χ1) is 15.3. The van der Waals surface area contributed by atoms with E-state index >= 15 is 0 Å². The topological polar surface area (TPSA) is 33.2 Å². The molecule has 2 aromatic carbocycles. The number of carbonyl (C=O) groups excluding carboxylic acids is 1. The number of Topliss-reactive ketones (excluding diaryl/α,β-unsaturated/α-hetero) is 1. The van der Waals surface area contributed by atoms with Crippen LogP contribution in [0.25, 0.3) is 20.8 Å². The fourth-order valence-electron chi connectivity index (χ4n) is 4.06. The van der Waals surface area contributed by atoms with Gasteiger partial charge in [0, 0.05) is 40.4 Å². The van der Waals surface area contributed by atoms with Crippen molar-refractivity contribution < 1.29 is 18.0 Å². The minimum atomic E-state index is -4.48. The average Bonchev–Trinajstić information content (AvgIpc) is 3.33. The van der Waals surface area contributed by atoms with Crippen molar-refractivity contribution in [3.8, 4) is 10.6 Å². The number of rotatable bonds is 4. The zero-order chi connectivity index (χ0) is 22.5. The van der Waals surface area contributed by atoms with E-state index in [9.17, 15) is 18.0 Å². The van der Waals surface area contributed by atoms with Gasteiger partial charge in [0.15, 0.2) is 5.78 Å². The van der Waals surface area contributed by atoms with E-state index in [1.165, 1.54) is 22.6 Å². The fourth-order valence-corrected chi connectivity index (χ4v) is 6.62. The lowest BCUT2D eigenvalue weighted by molar-refractivity contribution is -0.137. The van der Waals surface area contributed by atoms with Gasteiger partial charge < -0.3 is 4.90 Å². The third-order valence-corrected chi connectivity index (χ3v) is 7.93. The van der Waals surface area contributed by atoms with Crippen molar-refractivity contribution in [2.24, 2.45) is 0 Å².